The van der Waals surface area contributed by atoms with Gasteiger partial charge in [-0.2, -0.15) is 13.2 Å². The van der Waals surface area contributed by atoms with Crippen LogP contribution in [-0.4, -0.2) is 48.2 Å². The lowest BCUT2D eigenvalue weighted by Crippen LogP contribution is -2.46. The van der Waals surface area contributed by atoms with Gasteiger partial charge in [0, 0.05) is 31.6 Å². The summed E-state index contributed by atoms with van der Waals surface area (Å²) in [5.74, 6) is -0.390. The maximum atomic E-state index is 12.3. The molecular weight excluding hydrogens is 353 g/mol. The Kier molecular flexibility index (Phi) is 6.06. The average molecular weight is 372 g/mol. The van der Waals surface area contributed by atoms with E-state index in [1.165, 1.54) is 26.3 Å². The molecule has 2 heterocycles. The number of aliphatic imine (C=N–C) groups is 1. The lowest BCUT2D eigenvalue weighted by Gasteiger charge is -2.33. The van der Waals surface area contributed by atoms with Crippen molar-refractivity contribution in [3.8, 4) is 11.6 Å². The van der Waals surface area contributed by atoms with Gasteiger partial charge < -0.3 is 19.7 Å². The number of methoxy groups -OCH3 is 1. The zero-order chi connectivity index (χ0) is 19.3. The molecule has 1 aliphatic rings. The summed E-state index contributed by atoms with van der Waals surface area (Å²) in [5.41, 5.74) is 1.51. The van der Waals surface area contributed by atoms with Crippen LogP contribution in [0.3, 0.4) is 0 Å². The third kappa shape index (κ3) is 5.36. The van der Waals surface area contributed by atoms with Crippen LogP contribution in [-0.2, 0) is 11.3 Å². The van der Waals surface area contributed by atoms with Gasteiger partial charge in [-0.1, -0.05) is 0 Å². The van der Waals surface area contributed by atoms with Gasteiger partial charge in [-0.25, -0.2) is 9.98 Å². The van der Waals surface area contributed by atoms with Crippen molar-refractivity contribution in [2.75, 3.05) is 13.7 Å². The Morgan fingerprint density at radius 1 is 1.42 bits per heavy atom. The third-order valence-electron chi connectivity index (χ3n) is 3.44. The second-order valence-corrected chi connectivity index (χ2v) is 5.56. The minimum atomic E-state index is -4.47. The molecule has 0 aromatic carbocycles. The van der Waals surface area contributed by atoms with Crippen LogP contribution >= 0.6 is 0 Å². The van der Waals surface area contributed by atoms with Crippen LogP contribution in [0.25, 0.3) is 0 Å². The molecule has 0 saturated heterocycles. The molecule has 1 amide bonds. The Labute approximate surface area is 148 Å². The van der Waals surface area contributed by atoms with E-state index in [-0.39, 0.29) is 17.5 Å². The van der Waals surface area contributed by atoms with Gasteiger partial charge in [-0.3, -0.25) is 4.79 Å². The number of hydrogen-bond acceptors (Lipinski definition) is 6. The quantitative estimate of drug-likeness (QED) is 0.829. The molecule has 2 rings (SSSR count). The maximum absolute atomic E-state index is 12.3. The summed E-state index contributed by atoms with van der Waals surface area (Å²) in [5, 5.41) is 2.71. The van der Waals surface area contributed by atoms with Crippen LogP contribution < -0.4 is 14.8 Å². The Balaban J connectivity index is 2.16. The molecule has 0 saturated carbocycles. The second-order valence-electron chi connectivity index (χ2n) is 5.56. The van der Waals surface area contributed by atoms with Crippen molar-refractivity contribution in [2.45, 2.75) is 32.9 Å². The number of pyridine rings is 1. The summed E-state index contributed by atoms with van der Waals surface area (Å²) in [6.45, 7) is 2.10. The van der Waals surface area contributed by atoms with Crippen molar-refractivity contribution in [1.82, 2.24) is 15.2 Å². The average Bonchev–Trinajstić information content (AvgIpc) is 2.55. The van der Waals surface area contributed by atoms with Crippen molar-refractivity contribution >= 4 is 12.1 Å². The first kappa shape index (κ1) is 19.5. The second kappa shape index (κ2) is 8.07. The molecule has 0 spiro atoms. The minimum Gasteiger partial charge on any atom is -0.491 e. The highest BCUT2D eigenvalue weighted by atomic mass is 19.4. The molecule has 10 heteroatoms. The van der Waals surface area contributed by atoms with E-state index in [4.69, 9.17) is 4.74 Å². The fraction of sp³-hybridized carbons (Fsp3) is 0.438. The predicted molar refractivity (Wildman–Crippen MR) is 87.7 cm³/mol. The van der Waals surface area contributed by atoms with Gasteiger partial charge in [0.15, 0.2) is 18.6 Å². The van der Waals surface area contributed by atoms with Gasteiger partial charge in [-0.15, -0.1) is 0 Å². The highest BCUT2D eigenvalue weighted by molar-refractivity contribution is 5.76. The number of nitrogens with zero attached hydrogens (tertiary/aromatic N) is 3. The van der Waals surface area contributed by atoms with Gasteiger partial charge >= 0.3 is 6.18 Å². The van der Waals surface area contributed by atoms with Gasteiger partial charge in [0.1, 0.15) is 0 Å². The molecule has 26 heavy (non-hydrogen) atoms. The van der Waals surface area contributed by atoms with Gasteiger partial charge in [0.25, 0.3) is 5.88 Å². The lowest BCUT2D eigenvalue weighted by molar-refractivity contribution is -0.154. The number of allylic oxidation sites excluding steroid dienone is 2. The summed E-state index contributed by atoms with van der Waals surface area (Å²) in [7, 11) is 1.32. The number of nitrogens with one attached hydrogen (secondary N) is 1. The largest absolute Gasteiger partial charge is 0.491 e. The molecule has 0 bridgehead atoms. The van der Waals surface area contributed by atoms with Crippen LogP contribution in [0, 0.1) is 0 Å². The molecule has 1 aromatic heterocycles. The van der Waals surface area contributed by atoms with Crippen LogP contribution in [0.15, 0.2) is 29.0 Å². The normalized spacial score (nSPS) is 16.9. The van der Waals surface area contributed by atoms with Crippen LogP contribution in [0.1, 0.15) is 19.4 Å². The number of amides is 1. The van der Waals surface area contributed by atoms with Crippen molar-refractivity contribution in [3.05, 3.63) is 29.6 Å². The maximum Gasteiger partial charge on any atom is 0.422 e. The van der Waals surface area contributed by atoms with Crippen LogP contribution in [0.2, 0.25) is 0 Å². The third-order valence-corrected chi connectivity index (χ3v) is 3.44. The van der Waals surface area contributed by atoms with E-state index in [0.717, 1.165) is 5.70 Å². The number of hydrogen-bond donors (Lipinski definition) is 1. The molecule has 0 radical (unpaired) electrons. The Morgan fingerprint density at radius 3 is 2.77 bits per heavy atom. The van der Waals surface area contributed by atoms with E-state index < -0.39 is 19.1 Å². The van der Waals surface area contributed by atoms with E-state index in [9.17, 15) is 18.0 Å². The van der Waals surface area contributed by atoms with Gasteiger partial charge in [0.05, 0.1) is 7.11 Å². The number of carbonyl (C=O) groups is 1. The Bertz CT molecular complexity index is 719. The predicted octanol–water partition coefficient (Wildman–Crippen LogP) is 2.24. The summed E-state index contributed by atoms with van der Waals surface area (Å²) >= 11 is 0. The van der Waals surface area contributed by atoms with Gasteiger partial charge in [0.2, 0.25) is 5.91 Å². The zero-order valence-corrected chi connectivity index (χ0v) is 14.5. The van der Waals surface area contributed by atoms with Crippen molar-refractivity contribution in [3.63, 3.8) is 0 Å². The summed E-state index contributed by atoms with van der Waals surface area (Å²) in [4.78, 5) is 21.3. The highest BCUT2D eigenvalue weighted by Gasteiger charge is 2.29. The van der Waals surface area contributed by atoms with Crippen molar-refractivity contribution in [2.24, 2.45) is 4.99 Å². The summed E-state index contributed by atoms with van der Waals surface area (Å²) in [6.07, 6.45) is -0.275. The molecule has 142 valence electrons. The molecule has 1 unspecified atom stereocenters. The number of alkyl halides is 3. The van der Waals surface area contributed by atoms with E-state index in [1.54, 1.807) is 12.3 Å². The Hall–Kier alpha value is -2.78. The van der Waals surface area contributed by atoms with Crippen molar-refractivity contribution < 1.29 is 27.4 Å². The molecule has 1 aliphatic heterocycles. The minimum absolute atomic E-state index is 0.0879. The summed E-state index contributed by atoms with van der Waals surface area (Å²) < 4.78 is 46.6. The fourth-order valence-corrected chi connectivity index (χ4v) is 2.27. The smallest absolute Gasteiger partial charge is 0.422 e. The zero-order valence-electron chi connectivity index (χ0n) is 14.5. The molecule has 1 atom stereocenters. The molecule has 1 N–H and O–H groups in total. The first-order valence-corrected chi connectivity index (χ1v) is 7.66. The number of rotatable bonds is 6. The number of ether oxygens (including phenoxy) is 2. The first-order valence-electron chi connectivity index (χ1n) is 7.66. The van der Waals surface area contributed by atoms with E-state index in [1.807, 2.05) is 11.8 Å². The monoisotopic (exact) mass is 372 g/mol. The van der Waals surface area contributed by atoms with E-state index >= 15 is 0 Å². The van der Waals surface area contributed by atoms with Gasteiger partial charge in [-0.05, 0) is 24.6 Å². The molecule has 7 nitrogen and oxygen atoms in total. The van der Waals surface area contributed by atoms with Crippen LogP contribution in [0.4, 0.5) is 13.2 Å². The molecule has 1 aromatic rings. The van der Waals surface area contributed by atoms with E-state index in [0.29, 0.717) is 12.1 Å². The molecular formula is C16H19F3N4O3. The number of carbonyl (C=O) groups excluding carboxylic acids is 1. The standard InChI is InChI=1S/C16H19F3N4O3/c1-10-4-5-20-15(22-11(2)24)23(10)8-12-6-13(25-3)14(21-7-12)26-9-16(17,18)19/h4-7,15H,8-9H2,1-3H3,(H,22,24). The highest BCUT2D eigenvalue weighted by Crippen LogP contribution is 2.28. The molecule has 0 fully saturated rings. The fourth-order valence-electron chi connectivity index (χ4n) is 2.27. The lowest BCUT2D eigenvalue weighted by atomic mass is 10.2. The number of aromatic nitrogens is 1. The number of halogens is 3. The SMILES string of the molecule is COc1cc(CN2C(C)=CC=NC2NC(C)=O)cnc1OCC(F)(F)F. The Morgan fingerprint density at radius 2 is 2.15 bits per heavy atom. The van der Waals surface area contributed by atoms with E-state index in [2.05, 4.69) is 20.0 Å². The molecule has 0 aliphatic carbocycles. The van der Waals surface area contributed by atoms with Crippen molar-refractivity contribution in [1.29, 1.82) is 0 Å². The van der Waals surface area contributed by atoms with Crippen LogP contribution in [0.5, 0.6) is 11.6 Å². The summed E-state index contributed by atoms with van der Waals surface area (Å²) in [6, 6.07) is 1.54. The first-order chi connectivity index (χ1) is 12.2. The topological polar surface area (TPSA) is 76.0 Å².